The van der Waals surface area contributed by atoms with Gasteiger partial charge in [-0.2, -0.15) is 0 Å². The van der Waals surface area contributed by atoms with Crippen LogP contribution >= 0.6 is 0 Å². The van der Waals surface area contributed by atoms with Gasteiger partial charge in [-0.3, -0.25) is 0 Å². The summed E-state index contributed by atoms with van der Waals surface area (Å²) in [6.07, 6.45) is 10.6. The molecular weight excluding hydrogens is 384 g/mol. The average molecular weight is 413 g/mol. The summed E-state index contributed by atoms with van der Waals surface area (Å²) in [6.45, 7) is 6.50. The Morgan fingerprint density at radius 2 is 1.26 bits per heavy atom. The number of hydrogen-bond acceptors (Lipinski definition) is 4. The van der Waals surface area contributed by atoms with E-state index in [2.05, 4.69) is 31.2 Å². The van der Waals surface area contributed by atoms with E-state index in [-0.39, 0.29) is 16.2 Å². The van der Waals surface area contributed by atoms with Crippen LogP contribution in [0.1, 0.15) is 67.7 Å². The van der Waals surface area contributed by atoms with E-state index < -0.39 is 0 Å². The summed E-state index contributed by atoms with van der Waals surface area (Å²) >= 11 is 0. The van der Waals surface area contributed by atoms with E-state index >= 15 is 0 Å². The molecule has 0 saturated heterocycles. The van der Waals surface area contributed by atoms with Crippen molar-refractivity contribution in [3.63, 3.8) is 0 Å². The molecule has 4 aliphatic carbocycles. The molecule has 0 aliphatic heterocycles. The van der Waals surface area contributed by atoms with Gasteiger partial charge in [-0.25, -0.2) is 0 Å². The fourth-order valence-corrected chi connectivity index (χ4v) is 7.92. The van der Waals surface area contributed by atoms with Crippen LogP contribution in [0.15, 0.2) is 36.4 Å². The second-order valence-electron chi connectivity index (χ2n) is 10.8. The van der Waals surface area contributed by atoms with Crippen molar-refractivity contribution in [3.8, 4) is 24.0 Å². The normalized spacial score (nSPS) is 32.9. The van der Waals surface area contributed by atoms with Crippen LogP contribution in [0.3, 0.4) is 0 Å². The van der Waals surface area contributed by atoms with Crippen LogP contribution in [0.2, 0.25) is 0 Å². The molecule has 2 aromatic rings. The molecule has 0 heterocycles. The Labute approximate surface area is 184 Å². The highest BCUT2D eigenvalue weighted by Crippen LogP contribution is 2.71. The average Bonchev–Trinajstić information content (AvgIpc) is 2.66. The largest absolute Gasteiger partial charge is 0.388 e. The maximum absolute atomic E-state index is 9.30. The van der Waals surface area contributed by atoms with Crippen LogP contribution in [0.5, 0.6) is 11.5 Å². The molecule has 0 radical (unpaired) electrons. The molecule has 4 heteroatoms. The molecule has 31 heavy (non-hydrogen) atoms. The van der Waals surface area contributed by atoms with E-state index in [4.69, 9.17) is 9.47 Å². The zero-order valence-corrected chi connectivity index (χ0v) is 18.5. The van der Waals surface area contributed by atoms with Crippen LogP contribution in [0.25, 0.3) is 0 Å². The fraction of sp³-hybridized carbons (Fsp3) is 0.481. The van der Waals surface area contributed by atoms with Crippen molar-refractivity contribution < 1.29 is 9.47 Å². The lowest BCUT2D eigenvalue weighted by Crippen LogP contribution is -2.59. The molecule has 2 aromatic carbocycles. The SMILES string of the molecule is Cc1ccc(C23CC4CC(C)(C2)CC(c2ccc(C)cc2OC#N)(C4)C3)c(OC#N)c1. The highest BCUT2D eigenvalue weighted by atomic mass is 16.5. The molecule has 4 nitrogen and oxygen atoms in total. The van der Waals surface area contributed by atoms with Gasteiger partial charge < -0.3 is 9.47 Å². The Morgan fingerprint density at radius 1 is 0.774 bits per heavy atom. The van der Waals surface area contributed by atoms with Crippen molar-refractivity contribution in [3.05, 3.63) is 58.7 Å². The zero-order chi connectivity index (χ0) is 21.9. The van der Waals surface area contributed by atoms with Gasteiger partial charge in [0, 0.05) is 22.0 Å². The van der Waals surface area contributed by atoms with Gasteiger partial charge in [0.25, 0.3) is 12.5 Å². The molecule has 2 atom stereocenters. The zero-order valence-electron chi connectivity index (χ0n) is 18.5. The highest BCUT2D eigenvalue weighted by molar-refractivity contribution is 5.50. The molecule has 4 aliphatic rings. The van der Waals surface area contributed by atoms with Crippen molar-refractivity contribution in [2.24, 2.45) is 11.3 Å². The molecule has 0 spiro atoms. The Kier molecular flexibility index (Phi) is 4.35. The minimum Gasteiger partial charge on any atom is -0.388 e. The van der Waals surface area contributed by atoms with Gasteiger partial charge in [0.1, 0.15) is 11.5 Å². The molecule has 4 fully saturated rings. The third kappa shape index (κ3) is 3.09. The number of benzene rings is 2. The lowest BCUT2D eigenvalue weighted by atomic mass is 9.38. The van der Waals surface area contributed by atoms with E-state index in [1.807, 2.05) is 38.5 Å². The molecule has 6 rings (SSSR count). The molecule has 4 saturated carbocycles. The van der Waals surface area contributed by atoms with Gasteiger partial charge in [0.05, 0.1) is 0 Å². The van der Waals surface area contributed by atoms with Crippen molar-refractivity contribution in [2.45, 2.75) is 70.1 Å². The smallest absolute Gasteiger partial charge is 0.292 e. The minimum atomic E-state index is -0.0250. The number of rotatable bonds is 4. The summed E-state index contributed by atoms with van der Waals surface area (Å²) in [5.41, 5.74) is 4.73. The summed E-state index contributed by atoms with van der Waals surface area (Å²) < 4.78 is 11.0. The summed E-state index contributed by atoms with van der Waals surface area (Å²) in [6, 6.07) is 12.7. The van der Waals surface area contributed by atoms with Crippen LogP contribution in [0.4, 0.5) is 0 Å². The predicted molar refractivity (Wildman–Crippen MR) is 117 cm³/mol. The molecule has 0 amide bonds. The molecule has 4 bridgehead atoms. The molecule has 2 unspecified atom stereocenters. The van der Waals surface area contributed by atoms with Crippen molar-refractivity contribution >= 4 is 0 Å². The first-order valence-corrected chi connectivity index (χ1v) is 11.1. The number of nitriles is 2. The van der Waals surface area contributed by atoms with E-state index in [0.717, 1.165) is 43.2 Å². The van der Waals surface area contributed by atoms with Crippen molar-refractivity contribution in [1.82, 2.24) is 0 Å². The fourth-order valence-electron chi connectivity index (χ4n) is 7.92. The number of aryl methyl sites for hydroxylation is 2. The lowest BCUT2D eigenvalue weighted by molar-refractivity contribution is -0.0816. The van der Waals surface area contributed by atoms with Crippen molar-refractivity contribution in [2.75, 3.05) is 0 Å². The second kappa shape index (κ2) is 6.76. The highest BCUT2D eigenvalue weighted by Gasteiger charge is 2.63. The first-order valence-electron chi connectivity index (χ1n) is 11.1. The van der Waals surface area contributed by atoms with Crippen LogP contribution in [-0.2, 0) is 10.8 Å². The van der Waals surface area contributed by atoms with E-state index in [1.54, 1.807) is 0 Å². The molecule has 158 valence electrons. The van der Waals surface area contributed by atoms with Crippen molar-refractivity contribution in [1.29, 1.82) is 10.5 Å². The summed E-state index contributed by atoms with van der Waals surface area (Å²) in [5, 5.41) is 18.6. The quantitative estimate of drug-likeness (QED) is 0.561. The van der Waals surface area contributed by atoms with Gasteiger partial charge in [-0.1, -0.05) is 31.2 Å². The van der Waals surface area contributed by atoms with Crippen LogP contribution < -0.4 is 9.47 Å². The van der Waals surface area contributed by atoms with Gasteiger partial charge in [0.15, 0.2) is 0 Å². The molecule has 0 aromatic heterocycles. The Bertz CT molecular complexity index is 1060. The third-order valence-corrected chi connectivity index (χ3v) is 8.08. The maximum Gasteiger partial charge on any atom is 0.292 e. The van der Waals surface area contributed by atoms with Gasteiger partial charge >= 0.3 is 0 Å². The Hall–Kier alpha value is -2.98. The van der Waals surface area contributed by atoms with Gasteiger partial charge in [0.2, 0.25) is 0 Å². The first-order chi connectivity index (χ1) is 14.8. The Balaban J connectivity index is 1.68. The standard InChI is InChI=1S/C27H28N2O2/c1-18-4-6-21(23(8-18)30-16-28)26-11-20-10-25(3,13-26)14-27(12-20,15-26)22-7-5-19(2)9-24(22)31-17-29/h4-9,20H,10-15H2,1-3H3. The van der Waals surface area contributed by atoms with E-state index in [0.29, 0.717) is 17.4 Å². The first kappa shape index (κ1) is 20.0. The lowest BCUT2D eigenvalue weighted by Gasteiger charge is -2.66. The van der Waals surface area contributed by atoms with Crippen LogP contribution in [0, 0.1) is 48.2 Å². The Morgan fingerprint density at radius 3 is 1.68 bits per heavy atom. The van der Waals surface area contributed by atoms with Crippen LogP contribution in [-0.4, -0.2) is 0 Å². The summed E-state index contributed by atoms with van der Waals surface area (Å²) in [5.74, 6) is 2.04. The van der Waals surface area contributed by atoms with E-state index in [1.165, 1.54) is 17.5 Å². The predicted octanol–water partition coefficient (Wildman–Crippen LogP) is 6.20. The third-order valence-electron chi connectivity index (χ3n) is 8.08. The number of nitrogens with zero attached hydrogens (tertiary/aromatic N) is 2. The second-order valence-corrected chi connectivity index (χ2v) is 10.8. The minimum absolute atomic E-state index is 0.0250. The summed E-state index contributed by atoms with van der Waals surface area (Å²) in [4.78, 5) is 0. The van der Waals surface area contributed by atoms with Gasteiger partial charge in [-0.15, -0.1) is 10.5 Å². The number of ether oxygens (including phenoxy) is 2. The van der Waals surface area contributed by atoms with E-state index in [9.17, 15) is 10.5 Å². The topological polar surface area (TPSA) is 66.0 Å². The maximum atomic E-state index is 9.30. The molecule has 0 N–H and O–H groups in total. The number of hydrogen-bond donors (Lipinski definition) is 0. The molecular formula is C27H28N2O2. The van der Waals surface area contributed by atoms with Gasteiger partial charge in [-0.05, 0) is 87.0 Å². The monoisotopic (exact) mass is 412 g/mol. The summed E-state index contributed by atoms with van der Waals surface area (Å²) in [7, 11) is 0.